The molecule has 680 valence electrons. The Labute approximate surface area is 748 Å². The summed E-state index contributed by atoms with van der Waals surface area (Å²) in [6.45, 7) is 4.94. The number of anilines is 2. The number of fused-ring (bicyclic) bond motifs is 10. The zero-order valence-electron chi connectivity index (χ0n) is 72.0. The molecule has 6 aliphatic rings. The molecule has 132 heavy (non-hydrogen) atoms. The van der Waals surface area contributed by atoms with Gasteiger partial charge >= 0.3 is 36.1 Å². The highest BCUT2D eigenvalue weighted by Crippen LogP contribution is 2.45. The first-order valence-electron chi connectivity index (χ1n) is 41.4. The third kappa shape index (κ3) is 19.1. The predicted octanol–water partition coefficient (Wildman–Crippen LogP) is 4.97. The van der Waals surface area contributed by atoms with E-state index in [4.69, 9.17) is 46.0 Å². The number of carboxylic acid groups (broad SMARTS) is 2. The largest absolute Gasteiger partial charge is 0.508 e. The number of aromatic nitrogens is 7. The SMILES string of the molecule is C#CCNC(=O)O[C@]1(CC)C(=O)OCc2c1cc1n(c2=O)Cc2c-1nc1ccc(O)cc1c2CC.CCc1c2c(nc3ccc(O)cc13)-c1cc3c(c(=O)n1C2)COC(=O)[C@@]3(CC)OC(=O)NCc1cn(CCN(CC(=O)N(C)CC(=O)O)C(=O)Cc2ccc(N3C(=O)C=CC3=O)cc2)nn1.CN(CC(=O)O)C(=O)CN(CCN=[N+]=[N-])C(=O)Cc1ccc(N2C(=O)C=CC2=O)cc1. The number of nitrogens with one attached hydrogen (secondary N) is 2. The van der Waals surface area contributed by atoms with Gasteiger partial charge in [-0.15, -0.1) is 11.5 Å². The van der Waals surface area contributed by atoms with Crippen LogP contribution in [-0.4, -0.2) is 224 Å². The lowest BCUT2D eigenvalue weighted by atomic mass is 9.85. The molecule has 6 N–H and O–H groups in total. The smallest absolute Gasteiger partial charge is 0.409 e. The zero-order valence-corrected chi connectivity index (χ0v) is 72.0. The number of nitrogens with zero attached hydrogens (tertiary/aromatic N) is 16. The van der Waals surface area contributed by atoms with Crippen LogP contribution in [0.15, 0.2) is 142 Å². The molecule has 2 atom stereocenters. The van der Waals surface area contributed by atoms with Gasteiger partial charge in [-0.1, -0.05) is 68.2 Å². The van der Waals surface area contributed by atoms with Crippen molar-refractivity contribution >= 4 is 117 Å². The molecule has 9 aromatic rings. The van der Waals surface area contributed by atoms with Crippen LogP contribution in [0.3, 0.4) is 0 Å². The Morgan fingerprint density at radius 3 is 1.39 bits per heavy atom. The van der Waals surface area contributed by atoms with E-state index in [1.807, 2.05) is 13.8 Å². The number of amides is 10. The molecule has 0 unspecified atom stereocenters. The number of likely N-dealkylation sites (N-methyl/N-ethyl adjacent to an activating group) is 2. The molecule has 6 aliphatic heterocycles. The third-order valence-corrected chi connectivity index (χ3v) is 22.9. The van der Waals surface area contributed by atoms with Crippen molar-refractivity contribution in [3.05, 3.63) is 220 Å². The molecule has 0 spiro atoms. The quantitative estimate of drug-likeness (QED) is 0.00685. The summed E-state index contributed by atoms with van der Waals surface area (Å²) < 4.78 is 26.8. The van der Waals surface area contributed by atoms with Gasteiger partial charge in [-0.05, 0) is 126 Å². The van der Waals surface area contributed by atoms with Crippen LogP contribution in [-0.2, 0) is 153 Å². The lowest BCUT2D eigenvalue weighted by molar-refractivity contribution is -0.173. The summed E-state index contributed by atoms with van der Waals surface area (Å²) in [5.74, 6) is -5.56. The zero-order chi connectivity index (χ0) is 94.9. The van der Waals surface area contributed by atoms with Gasteiger partial charge in [0.05, 0.1) is 121 Å². The number of carbonyl (C=O) groups is 14. The van der Waals surface area contributed by atoms with Gasteiger partial charge in [0.25, 0.3) is 34.7 Å². The van der Waals surface area contributed by atoms with Gasteiger partial charge in [0, 0.05) is 96.0 Å². The molecule has 0 saturated carbocycles. The van der Waals surface area contributed by atoms with Crippen LogP contribution in [0, 0.1) is 12.3 Å². The Morgan fingerprint density at radius 2 is 0.992 bits per heavy atom. The highest BCUT2D eigenvalue weighted by molar-refractivity contribution is 6.29. The number of carbonyl (C=O) groups excluding carboxylic acids is 12. The van der Waals surface area contributed by atoms with E-state index in [1.54, 1.807) is 89.7 Å². The number of imide groups is 2. The van der Waals surface area contributed by atoms with Gasteiger partial charge in [-0.3, -0.25) is 62.2 Å². The second-order valence-electron chi connectivity index (χ2n) is 31.0. The number of phenolic OH excluding ortho intramolecular Hbond substituents is 2. The number of aromatic hydroxyl groups is 2. The van der Waals surface area contributed by atoms with Crippen LogP contribution in [0.2, 0.25) is 0 Å². The normalized spacial score (nSPS) is 15.6. The molecule has 42 heteroatoms. The van der Waals surface area contributed by atoms with E-state index in [0.29, 0.717) is 81.3 Å². The number of azide groups is 1. The predicted molar refractivity (Wildman–Crippen MR) is 465 cm³/mol. The maximum absolute atomic E-state index is 14.1. The van der Waals surface area contributed by atoms with Gasteiger partial charge in [-0.2, -0.15) is 0 Å². The minimum Gasteiger partial charge on any atom is -0.508 e. The van der Waals surface area contributed by atoms with Crippen molar-refractivity contribution in [3.8, 4) is 46.6 Å². The van der Waals surface area contributed by atoms with Crippen molar-refractivity contribution in [1.82, 2.24) is 64.3 Å². The number of rotatable bonds is 29. The van der Waals surface area contributed by atoms with E-state index in [2.05, 4.69) is 36.9 Å². The molecule has 0 fully saturated rings. The summed E-state index contributed by atoms with van der Waals surface area (Å²) in [6.07, 6.45) is 10.4. The second kappa shape index (κ2) is 39.2. The molecule has 0 aliphatic carbocycles. The maximum Gasteiger partial charge on any atom is 0.409 e. The molecule has 0 saturated heterocycles. The topological polar surface area (TPSA) is 550 Å². The van der Waals surface area contributed by atoms with E-state index in [9.17, 15) is 92.0 Å². The van der Waals surface area contributed by atoms with Crippen LogP contribution in [0.4, 0.5) is 21.0 Å². The van der Waals surface area contributed by atoms with E-state index < -0.39 is 120 Å². The summed E-state index contributed by atoms with van der Waals surface area (Å²) in [7, 11) is 2.61. The number of hydrogen-bond donors (Lipinski definition) is 6. The Hall–Kier alpha value is -16.7. The van der Waals surface area contributed by atoms with Crippen LogP contribution >= 0.6 is 0 Å². The molecule has 0 radical (unpaired) electrons. The minimum atomic E-state index is -1.99. The number of cyclic esters (lactones) is 2. The first kappa shape index (κ1) is 92.9. The highest BCUT2D eigenvalue weighted by Gasteiger charge is 2.53. The lowest BCUT2D eigenvalue weighted by Crippen LogP contribution is -2.49. The number of alkyl carbamates (subject to hydrolysis) is 2. The molecular weight excluding hydrogens is 1720 g/mol. The van der Waals surface area contributed by atoms with Crippen molar-refractivity contribution in [2.75, 3.05) is 76.3 Å². The standard InChI is InChI=1S/C45H43N9O12.C26H23N3O6.C19H20N6O6/c1-4-29-30-17-28(55)10-11-34(30)47-41-31(29)21-53-35(41)18-33-32(42(53)62)24-65-43(63)45(33,5-2)66-44(64)46-19-26-20-52(49-48-26)15-14-51(22-39(59)50(3)23-40(60)61)38(58)16-25-6-8-27(9-7-25)54-36(56)12-13-37(54)57;1-4-9-27-25(33)35-26(6-3)19-11-21-22-17(12-29(21)23(31)18(19)13-34-24(26)32)15(5-2)16-10-14(30)7-8-20(16)28-22;1-23(12-19(30)31)18(29)11-24(9-8-21-22-20)17(28)10-13-2-4-14(5-3-13)25-15(26)6-7-16(25)27/h6-13,17-18,20,55H,4-5,14-16,19,21-24H2,1-3H3,(H,46,64)(H,60,61);1,7-8,10-11,30H,5-6,9,12-13H2,2-3H3,(H,27,33);2-7H,8-12H2,1H3,(H,30,31)/t45-;26-;/m00./s1. The lowest BCUT2D eigenvalue weighted by Gasteiger charge is -2.35. The molecule has 42 nitrogen and oxygen atoms in total. The number of esters is 2. The van der Waals surface area contributed by atoms with Crippen LogP contribution in [0.25, 0.3) is 55.0 Å². The van der Waals surface area contributed by atoms with E-state index in [1.165, 1.54) is 77.3 Å². The summed E-state index contributed by atoms with van der Waals surface area (Å²) >= 11 is 0. The first-order valence-corrected chi connectivity index (χ1v) is 41.4. The average Bonchev–Trinajstić information content (AvgIpc) is 1.50. The number of aryl methyl sites for hydroxylation is 2. The number of benzene rings is 4. The number of hydrogen-bond acceptors (Lipinski definition) is 27. The minimum absolute atomic E-state index is 0.0178. The second-order valence-corrected chi connectivity index (χ2v) is 31.0. The van der Waals surface area contributed by atoms with Gasteiger partial charge in [-0.25, -0.2) is 38.9 Å². The van der Waals surface area contributed by atoms with Crippen LogP contribution < -0.4 is 31.6 Å². The van der Waals surface area contributed by atoms with Crippen molar-refractivity contribution in [3.63, 3.8) is 0 Å². The molecule has 10 amide bonds. The third-order valence-electron chi connectivity index (χ3n) is 22.9. The fourth-order valence-electron chi connectivity index (χ4n) is 16.2. The maximum atomic E-state index is 14.1. The number of carboxylic acids is 2. The van der Waals surface area contributed by atoms with Gasteiger partial charge in [0.15, 0.2) is 0 Å². The summed E-state index contributed by atoms with van der Waals surface area (Å²) in [5.41, 5.74) is 13.9. The first-order chi connectivity index (χ1) is 63.2. The monoisotopic (exact) mass is 1800 g/mol. The number of phenols is 2. The number of terminal acetylenes is 1. The Bertz CT molecular complexity index is 6570. The van der Waals surface area contributed by atoms with Gasteiger partial charge in [0.1, 0.15) is 43.5 Å². The molecular formula is C90H86N18O24. The molecule has 0 bridgehead atoms. The summed E-state index contributed by atoms with van der Waals surface area (Å²) in [4.78, 5) is 220. The van der Waals surface area contributed by atoms with Gasteiger partial charge in [0.2, 0.25) is 34.8 Å². The van der Waals surface area contributed by atoms with Crippen molar-refractivity contribution in [2.45, 2.75) is 117 Å². The van der Waals surface area contributed by atoms with E-state index in [-0.39, 0.29) is 131 Å². The number of ether oxygens (including phenoxy) is 4. The fourth-order valence-corrected chi connectivity index (χ4v) is 16.2. The summed E-state index contributed by atoms with van der Waals surface area (Å²) in [5, 5.41) is 56.3. The van der Waals surface area contributed by atoms with Crippen LogP contribution in [0.1, 0.15) is 102 Å². The molecule has 15 rings (SSSR count). The van der Waals surface area contributed by atoms with Crippen molar-refractivity contribution in [2.24, 2.45) is 5.11 Å². The average molecular weight is 1800 g/mol. The van der Waals surface area contributed by atoms with Crippen molar-refractivity contribution < 1.29 is 106 Å². The van der Waals surface area contributed by atoms with E-state index in [0.717, 1.165) is 64.8 Å². The molecule has 4 aromatic carbocycles. The Balaban J connectivity index is 0.000000188. The number of pyridine rings is 4. The number of aliphatic carboxylic acids is 2. The Kier molecular flexibility index (Phi) is 27.6. The molecule has 11 heterocycles. The van der Waals surface area contributed by atoms with Crippen molar-refractivity contribution in [1.29, 1.82) is 0 Å². The molecule has 5 aromatic heterocycles. The van der Waals surface area contributed by atoms with Crippen LogP contribution in [0.5, 0.6) is 11.5 Å². The van der Waals surface area contributed by atoms with E-state index >= 15 is 0 Å². The fraction of sp³-hybridized carbons (Fsp3) is 0.311. The highest BCUT2D eigenvalue weighted by atomic mass is 16.6. The summed E-state index contributed by atoms with van der Waals surface area (Å²) in [6, 6.07) is 25.6. The van der Waals surface area contributed by atoms with Gasteiger partial charge < -0.3 is 78.7 Å². The Morgan fingerprint density at radius 1 is 0.568 bits per heavy atom.